The maximum atomic E-state index is 13.0. The van der Waals surface area contributed by atoms with E-state index in [0.29, 0.717) is 19.4 Å². The zero-order valence-electron chi connectivity index (χ0n) is 46.8. The maximum absolute atomic E-state index is 13.0. The van der Waals surface area contributed by atoms with Crippen molar-refractivity contribution in [1.29, 1.82) is 0 Å². The molecule has 11 nitrogen and oxygen atoms in total. The molecule has 1 aliphatic heterocycles. The number of aliphatic hydroxyl groups excluding tert-OH is 5. The standard InChI is InChI=1S/C62H113NO10/c1-3-5-7-9-11-13-15-17-25-28-32-36-40-44-48-55(65)54(53-72-62-61(70)60(69)59(68)56(52-64)73-62)63-57(66)49-45-41-37-33-29-26-23-21-19-18-20-22-24-27-31-35-39-43-47-51-71-58(67)50-46-42-38-34-30-16-14-12-10-8-6-4-2/h12,14,22,24,27,31,44,48,54-56,59-62,64-65,68-70H,3-11,13,15-21,23,25-26,28-30,32-43,45-47,49-53H2,1-2H3,(H,63,66)/b14-12-,24-22-,31-27-,48-44+. The topological polar surface area (TPSA) is 175 Å². The number of carbonyl (C=O) groups excluding carboxylic acids is 2. The van der Waals surface area contributed by atoms with Crippen LogP contribution in [0.4, 0.5) is 0 Å². The van der Waals surface area contributed by atoms with Gasteiger partial charge in [0.1, 0.15) is 24.4 Å². The van der Waals surface area contributed by atoms with Gasteiger partial charge in [0.25, 0.3) is 0 Å². The van der Waals surface area contributed by atoms with Crippen molar-refractivity contribution < 1.29 is 49.3 Å². The molecule has 0 aromatic heterocycles. The van der Waals surface area contributed by atoms with E-state index >= 15 is 0 Å². The number of hydrogen-bond acceptors (Lipinski definition) is 10. The van der Waals surface area contributed by atoms with Crippen molar-refractivity contribution in [1.82, 2.24) is 5.32 Å². The largest absolute Gasteiger partial charge is 0.466 e. The summed E-state index contributed by atoms with van der Waals surface area (Å²) >= 11 is 0. The van der Waals surface area contributed by atoms with Crippen molar-refractivity contribution in [2.45, 2.75) is 314 Å². The first-order chi connectivity index (χ1) is 35.7. The second-order valence-electron chi connectivity index (χ2n) is 21.1. The Morgan fingerprint density at radius 3 is 1.42 bits per heavy atom. The maximum Gasteiger partial charge on any atom is 0.305 e. The molecule has 11 heteroatoms. The number of esters is 1. The second kappa shape index (κ2) is 51.7. The average Bonchev–Trinajstić information content (AvgIpc) is 3.39. The fraction of sp³-hybridized carbons (Fsp3) is 0.839. The lowest BCUT2D eigenvalue weighted by Gasteiger charge is -2.40. The Morgan fingerprint density at radius 2 is 0.918 bits per heavy atom. The van der Waals surface area contributed by atoms with Crippen LogP contribution in [0, 0.1) is 0 Å². The number of ether oxygens (including phenoxy) is 3. The van der Waals surface area contributed by atoms with Crippen LogP contribution in [0.25, 0.3) is 0 Å². The lowest BCUT2D eigenvalue weighted by atomic mass is 9.99. The summed E-state index contributed by atoms with van der Waals surface area (Å²) < 4.78 is 16.7. The fourth-order valence-electron chi connectivity index (χ4n) is 9.30. The van der Waals surface area contributed by atoms with Gasteiger partial charge in [-0.05, 0) is 89.9 Å². The van der Waals surface area contributed by atoms with Crippen molar-refractivity contribution in [3.8, 4) is 0 Å². The molecular formula is C62H113NO10. The Morgan fingerprint density at radius 1 is 0.507 bits per heavy atom. The molecule has 1 fully saturated rings. The number of rotatable bonds is 52. The van der Waals surface area contributed by atoms with Crippen molar-refractivity contribution in [3.63, 3.8) is 0 Å². The van der Waals surface area contributed by atoms with E-state index in [4.69, 9.17) is 14.2 Å². The summed E-state index contributed by atoms with van der Waals surface area (Å²) in [5.41, 5.74) is 0. The number of amides is 1. The fourth-order valence-corrected chi connectivity index (χ4v) is 9.30. The van der Waals surface area contributed by atoms with Gasteiger partial charge < -0.3 is 45.1 Å². The summed E-state index contributed by atoms with van der Waals surface area (Å²) in [4.78, 5) is 25.1. The summed E-state index contributed by atoms with van der Waals surface area (Å²) in [6.07, 6.45) is 54.8. The summed E-state index contributed by atoms with van der Waals surface area (Å²) in [5.74, 6) is -0.230. The minimum Gasteiger partial charge on any atom is -0.466 e. The van der Waals surface area contributed by atoms with Crippen LogP contribution in [0.1, 0.15) is 271 Å². The molecule has 0 saturated carbocycles. The van der Waals surface area contributed by atoms with Gasteiger partial charge in [0.15, 0.2) is 6.29 Å². The number of aliphatic hydroxyl groups is 5. The highest BCUT2D eigenvalue weighted by molar-refractivity contribution is 5.76. The molecule has 0 radical (unpaired) electrons. The quantitative estimate of drug-likeness (QED) is 0.0149. The summed E-state index contributed by atoms with van der Waals surface area (Å²) in [5, 5.41) is 54.4. The van der Waals surface area contributed by atoms with E-state index < -0.39 is 49.5 Å². The number of allylic oxidation sites excluding steroid dienone is 7. The summed E-state index contributed by atoms with van der Waals surface area (Å²) in [6.45, 7) is 4.27. The Hall–Kier alpha value is -2.38. The Bertz CT molecular complexity index is 1350. The molecule has 0 bridgehead atoms. The van der Waals surface area contributed by atoms with Gasteiger partial charge >= 0.3 is 5.97 Å². The smallest absolute Gasteiger partial charge is 0.305 e. The molecule has 6 N–H and O–H groups in total. The zero-order chi connectivity index (χ0) is 53.1. The molecule has 1 heterocycles. The van der Waals surface area contributed by atoms with Gasteiger partial charge in [-0.2, -0.15) is 0 Å². The van der Waals surface area contributed by atoms with E-state index in [9.17, 15) is 35.1 Å². The predicted molar refractivity (Wildman–Crippen MR) is 301 cm³/mol. The minimum atomic E-state index is -1.58. The third-order valence-corrected chi connectivity index (χ3v) is 14.2. The predicted octanol–water partition coefficient (Wildman–Crippen LogP) is 14.1. The lowest BCUT2D eigenvalue weighted by molar-refractivity contribution is -0.302. The molecule has 0 aromatic carbocycles. The highest BCUT2D eigenvalue weighted by Crippen LogP contribution is 2.23. The van der Waals surface area contributed by atoms with E-state index in [2.05, 4.69) is 55.6 Å². The third-order valence-electron chi connectivity index (χ3n) is 14.2. The van der Waals surface area contributed by atoms with E-state index in [1.807, 2.05) is 6.08 Å². The van der Waals surface area contributed by atoms with Crippen LogP contribution in [0.3, 0.4) is 0 Å². The molecule has 73 heavy (non-hydrogen) atoms. The third kappa shape index (κ3) is 41.5. The average molecular weight is 1030 g/mol. The highest BCUT2D eigenvalue weighted by atomic mass is 16.7. The SMILES string of the molecule is CCCCC/C=C\CCCCCCCC(=O)OCCCCC/C=C\C=C/CCCCCCCCCCCCC(=O)NC(COC1OC(CO)C(O)C(O)C1O)C(O)/C=C/CCCCCCCCCCCCCC. The van der Waals surface area contributed by atoms with Gasteiger partial charge in [0.2, 0.25) is 5.91 Å². The first-order valence-electron chi connectivity index (χ1n) is 30.4. The van der Waals surface area contributed by atoms with Crippen molar-refractivity contribution in [2.75, 3.05) is 19.8 Å². The zero-order valence-corrected chi connectivity index (χ0v) is 46.8. The summed E-state index contributed by atoms with van der Waals surface area (Å²) in [6, 6.07) is -0.819. The van der Waals surface area contributed by atoms with E-state index in [1.54, 1.807) is 6.08 Å². The molecule has 7 unspecified atom stereocenters. The first-order valence-corrected chi connectivity index (χ1v) is 30.4. The van der Waals surface area contributed by atoms with Crippen LogP contribution in [-0.2, 0) is 23.8 Å². The van der Waals surface area contributed by atoms with Gasteiger partial charge in [0.05, 0.1) is 32.0 Å². The lowest BCUT2D eigenvalue weighted by Crippen LogP contribution is -2.60. The molecule has 1 amide bonds. The summed E-state index contributed by atoms with van der Waals surface area (Å²) in [7, 11) is 0. The van der Waals surface area contributed by atoms with Gasteiger partial charge in [-0.15, -0.1) is 0 Å². The number of hydrogen-bond donors (Lipinski definition) is 6. The van der Waals surface area contributed by atoms with Crippen molar-refractivity contribution >= 4 is 11.9 Å². The van der Waals surface area contributed by atoms with Crippen molar-refractivity contribution in [2.24, 2.45) is 0 Å². The Balaban J connectivity index is 2.13. The van der Waals surface area contributed by atoms with Gasteiger partial charge in [-0.3, -0.25) is 9.59 Å². The number of unbranched alkanes of at least 4 members (excludes halogenated alkanes) is 33. The Kier molecular flexibility index (Phi) is 48.6. The minimum absolute atomic E-state index is 0.0387. The molecule has 7 atom stereocenters. The normalized spacial score (nSPS) is 19.2. The van der Waals surface area contributed by atoms with Crippen LogP contribution in [0.15, 0.2) is 48.6 Å². The van der Waals surface area contributed by atoms with E-state index in [-0.39, 0.29) is 18.5 Å². The van der Waals surface area contributed by atoms with Crippen LogP contribution < -0.4 is 5.32 Å². The van der Waals surface area contributed by atoms with Crippen molar-refractivity contribution in [3.05, 3.63) is 48.6 Å². The van der Waals surface area contributed by atoms with E-state index in [1.165, 1.54) is 154 Å². The molecule has 1 aliphatic rings. The number of carbonyl (C=O) groups is 2. The molecule has 426 valence electrons. The Labute approximate surface area is 446 Å². The second-order valence-corrected chi connectivity index (χ2v) is 21.1. The van der Waals surface area contributed by atoms with Crippen LogP contribution in [-0.4, -0.2) is 100 Å². The molecule has 1 rings (SSSR count). The number of nitrogens with one attached hydrogen (secondary N) is 1. The van der Waals surface area contributed by atoms with Crippen LogP contribution in [0.2, 0.25) is 0 Å². The van der Waals surface area contributed by atoms with Gasteiger partial charge in [-0.25, -0.2) is 0 Å². The molecule has 0 spiro atoms. The van der Waals surface area contributed by atoms with Gasteiger partial charge in [-0.1, -0.05) is 217 Å². The molecule has 0 aliphatic carbocycles. The molecule has 1 saturated heterocycles. The monoisotopic (exact) mass is 1030 g/mol. The van der Waals surface area contributed by atoms with E-state index in [0.717, 1.165) is 89.9 Å². The first kappa shape index (κ1) is 68.6. The van der Waals surface area contributed by atoms with Crippen LogP contribution in [0.5, 0.6) is 0 Å². The molecular weight excluding hydrogens is 919 g/mol. The van der Waals surface area contributed by atoms with Gasteiger partial charge in [0, 0.05) is 12.8 Å². The molecule has 0 aromatic rings. The van der Waals surface area contributed by atoms with Crippen LogP contribution >= 0.6 is 0 Å². The highest BCUT2D eigenvalue weighted by Gasteiger charge is 2.44.